The zero-order valence-corrected chi connectivity index (χ0v) is 15.2. The van der Waals surface area contributed by atoms with Gasteiger partial charge in [-0.05, 0) is 37.6 Å². The highest BCUT2D eigenvalue weighted by atomic mass is 16.5. The molecule has 1 amide bonds. The van der Waals surface area contributed by atoms with E-state index in [1.807, 2.05) is 26.0 Å². The third-order valence-corrected chi connectivity index (χ3v) is 4.07. The Kier molecular flexibility index (Phi) is 4.94. The van der Waals surface area contributed by atoms with Gasteiger partial charge < -0.3 is 15.2 Å². The van der Waals surface area contributed by atoms with Crippen molar-refractivity contribution in [2.75, 3.05) is 12.4 Å². The minimum Gasteiger partial charge on any atom is -0.505 e. The molecule has 27 heavy (non-hydrogen) atoms. The summed E-state index contributed by atoms with van der Waals surface area (Å²) < 4.78 is 6.27. The number of para-hydroxylation sites is 2. The maximum atomic E-state index is 12.6. The average Bonchev–Trinajstić information content (AvgIpc) is 2.64. The molecule has 0 bridgehead atoms. The normalized spacial score (nSPS) is 10.5. The van der Waals surface area contributed by atoms with Gasteiger partial charge in [-0.1, -0.05) is 29.8 Å². The van der Waals surface area contributed by atoms with Crippen LogP contribution in [0.4, 0.5) is 5.69 Å². The highest BCUT2D eigenvalue weighted by Gasteiger charge is 2.19. The molecule has 0 saturated heterocycles. The summed E-state index contributed by atoms with van der Waals surface area (Å²) in [6.45, 7) is 3.82. The van der Waals surface area contributed by atoms with E-state index >= 15 is 0 Å². The Morgan fingerprint density at radius 1 is 1.15 bits per heavy atom. The molecule has 7 heteroatoms. The van der Waals surface area contributed by atoms with Crippen molar-refractivity contribution in [3.63, 3.8) is 0 Å². The number of aryl methyl sites for hydroxylation is 2. The van der Waals surface area contributed by atoms with E-state index in [4.69, 9.17) is 4.74 Å². The monoisotopic (exact) mass is 365 g/mol. The lowest BCUT2D eigenvalue weighted by Crippen LogP contribution is -2.25. The Hall–Kier alpha value is -3.61. The van der Waals surface area contributed by atoms with Crippen LogP contribution in [0.1, 0.15) is 21.6 Å². The summed E-state index contributed by atoms with van der Waals surface area (Å²) in [7, 11) is 1.47. The van der Waals surface area contributed by atoms with Crippen LogP contribution in [-0.4, -0.2) is 27.9 Å². The molecule has 0 aliphatic carbocycles. The van der Waals surface area contributed by atoms with Crippen LogP contribution >= 0.6 is 0 Å². The van der Waals surface area contributed by atoms with Crippen molar-refractivity contribution < 1.29 is 14.6 Å². The van der Waals surface area contributed by atoms with Gasteiger partial charge in [-0.2, -0.15) is 9.78 Å². The second-order valence-corrected chi connectivity index (χ2v) is 6.07. The van der Waals surface area contributed by atoms with Crippen molar-refractivity contribution in [2.24, 2.45) is 0 Å². The topological polar surface area (TPSA) is 93.5 Å². The zero-order valence-electron chi connectivity index (χ0n) is 15.2. The number of aromatic hydroxyl groups is 1. The summed E-state index contributed by atoms with van der Waals surface area (Å²) in [5, 5.41) is 16.9. The maximum Gasteiger partial charge on any atom is 0.279 e. The minimum atomic E-state index is -0.622. The fourth-order valence-corrected chi connectivity index (χ4v) is 2.72. The third kappa shape index (κ3) is 3.67. The van der Waals surface area contributed by atoms with E-state index in [0.29, 0.717) is 17.1 Å². The number of carbonyl (C=O) groups is 1. The van der Waals surface area contributed by atoms with Crippen LogP contribution < -0.4 is 15.6 Å². The van der Waals surface area contributed by atoms with E-state index in [9.17, 15) is 14.7 Å². The zero-order chi connectivity index (χ0) is 19.6. The quantitative estimate of drug-likeness (QED) is 0.742. The van der Waals surface area contributed by atoms with E-state index in [1.165, 1.54) is 7.11 Å². The maximum absolute atomic E-state index is 12.6. The van der Waals surface area contributed by atoms with Crippen LogP contribution in [0.15, 0.2) is 53.3 Å². The van der Waals surface area contributed by atoms with Gasteiger partial charge in [0.2, 0.25) is 0 Å². The van der Waals surface area contributed by atoms with Gasteiger partial charge in [-0.25, -0.2) is 0 Å². The van der Waals surface area contributed by atoms with Crippen molar-refractivity contribution in [2.45, 2.75) is 13.8 Å². The summed E-state index contributed by atoms with van der Waals surface area (Å²) in [4.78, 5) is 24.9. The first-order valence-electron chi connectivity index (χ1n) is 8.26. The van der Waals surface area contributed by atoms with Crippen molar-refractivity contribution >= 4 is 11.6 Å². The predicted octanol–water partition coefficient (Wildman–Crippen LogP) is 2.82. The Morgan fingerprint density at radius 2 is 1.89 bits per heavy atom. The standard InChI is InChI=1S/C20H19N3O4/c1-12-8-9-14(13(2)10-12)21-20(26)19-16(24)11-18(25)23(22-19)15-6-4-5-7-17(15)27-3/h4-11,24H,1-3H3,(H,21,26). The average molecular weight is 365 g/mol. The van der Waals surface area contributed by atoms with Crippen molar-refractivity contribution in [1.29, 1.82) is 0 Å². The number of amides is 1. The first-order valence-corrected chi connectivity index (χ1v) is 8.26. The number of hydrogen-bond donors (Lipinski definition) is 2. The molecule has 2 N–H and O–H groups in total. The molecular weight excluding hydrogens is 346 g/mol. The Labute approximate surface area is 155 Å². The molecule has 0 radical (unpaired) electrons. The summed E-state index contributed by atoms with van der Waals surface area (Å²) in [6, 6.07) is 13.3. The van der Waals surface area contributed by atoms with Gasteiger partial charge in [0.25, 0.3) is 11.5 Å². The first-order chi connectivity index (χ1) is 12.9. The third-order valence-electron chi connectivity index (χ3n) is 4.07. The number of ether oxygens (including phenoxy) is 1. The second-order valence-electron chi connectivity index (χ2n) is 6.07. The van der Waals surface area contributed by atoms with Gasteiger partial charge in [-0.15, -0.1) is 0 Å². The van der Waals surface area contributed by atoms with Crippen molar-refractivity contribution in [3.05, 3.63) is 75.7 Å². The summed E-state index contributed by atoms with van der Waals surface area (Å²) >= 11 is 0. The molecule has 0 fully saturated rings. The van der Waals surface area contributed by atoms with Crippen molar-refractivity contribution in [1.82, 2.24) is 9.78 Å². The van der Waals surface area contributed by atoms with E-state index < -0.39 is 17.2 Å². The number of nitrogens with zero attached hydrogens (tertiary/aromatic N) is 2. The molecule has 0 spiro atoms. The van der Waals surface area contributed by atoms with Crippen LogP contribution in [0, 0.1) is 13.8 Å². The van der Waals surface area contributed by atoms with Gasteiger partial charge in [0.05, 0.1) is 7.11 Å². The molecule has 1 heterocycles. The van der Waals surface area contributed by atoms with E-state index in [-0.39, 0.29) is 5.69 Å². The minimum absolute atomic E-state index is 0.263. The number of rotatable bonds is 4. The van der Waals surface area contributed by atoms with Gasteiger partial charge in [0.1, 0.15) is 11.4 Å². The molecule has 2 aromatic carbocycles. The number of carbonyl (C=O) groups excluding carboxylic acids is 1. The molecule has 0 unspecified atom stereocenters. The molecule has 0 aliphatic rings. The molecule has 1 aromatic heterocycles. The molecule has 138 valence electrons. The number of nitrogens with one attached hydrogen (secondary N) is 1. The van der Waals surface area contributed by atoms with Gasteiger partial charge >= 0.3 is 0 Å². The lowest BCUT2D eigenvalue weighted by molar-refractivity contribution is 0.101. The first kappa shape index (κ1) is 18.2. The Morgan fingerprint density at radius 3 is 2.59 bits per heavy atom. The fraction of sp³-hybridized carbons (Fsp3) is 0.150. The van der Waals surface area contributed by atoms with Gasteiger partial charge in [-0.3, -0.25) is 9.59 Å². The Bertz CT molecular complexity index is 1070. The molecule has 0 aliphatic heterocycles. The molecule has 0 atom stereocenters. The molecule has 0 saturated carbocycles. The van der Waals surface area contributed by atoms with Gasteiger partial charge in [0, 0.05) is 11.8 Å². The smallest absolute Gasteiger partial charge is 0.279 e. The number of hydrogen-bond acceptors (Lipinski definition) is 5. The van der Waals surface area contributed by atoms with E-state index in [1.54, 1.807) is 30.3 Å². The summed E-state index contributed by atoms with van der Waals surface area (Å²) in [6.07, 6.45) is 0. The summed E-state index contributed by atoms with van der Waals surface area (Å²) in [5.74, 6) is -0.699. The lowest BCUT2D eigenvalue weighted by atomic mass is 10.1. The second kappa shape index (κ2) is 7.33. The summed E-state index contributed by atoms with van der Waals surface area (Å²) in [5.41, 5.74) is 2.06. The largest absolute Gasteiger partial charge is 0.505 e. The van der Waals surface area contributed by atoms with Gasteiger partial charge in [0.15, 0.2) is 11.4 Å². The number of benzene rings is 2. The fourth-order valence-electron chi connectivity index (χ4n) is 2.72. The van der Waals surface area contributed by atoms with Crippen LogP contribution in [0.5, 0.6) is 11.5 Å². The van der Waals surface area contributed by atoms with Crippen LogP contribution in [0.25, 0.3) is 5.69 Å². The number of aromatic nitrogens is 2. The van der Waals surface area contributed by atoms with Crippen LogP contribution in [-0.2, 0) is 0 Å². The Balaban J connectivity index is 2.03. The SMILES string of the molecule is COc1ccccc1-n1nc(C(=O)Nc2ccc(C)cc2C)c(O)cc1=O. The molecule has 3 aromatic rings. The highest BCUT2D eigenvalue weighted by molar-refractivity contribution is 6.04. The van der Waals surface area contributed by atoms with Crippen LogP contribution in [0.3, 0.4) is 0 Å². The highest BCUT2D eigenvalue weighted by Crippen LogP contribution is 2.22. The van der Waals surface area contributed by atoms with E-state index in [0.717, 1.165) is 21.9 Å². The molecule has 3 rings (SSSR count). The number of methoxy groups -OCH3 is 1. The predicted molar refractivity (Wildman–Crippen MR) is 102 cm³/mol. The number of anilines is 1. The van der Waals surface area contributed by atoms with E-state index in [2.05, 4.69) is 10.4 Å². The lowest BCUT2D eigenvalue weighted by Gasteiger charge is -2.13. The molecule has 7 nitrogen and oxygen atoms in total. The molecular formula is C20H19N3O4. The van der Waals surface area contributed by atoms with Crippen molar-refractivity contribution in [3.8, 4) is 17.2 Å². The van der Waals surface area contributed by atoms with Crippen LogP contribution in [0.2, 0.25) is 0 Å².